The van der Waals surface area contributed by atoms with Crippen LogP contribution in [0, 0.1) is 16.0 Å². The molecule has 0 radical (unpaired) electrons. The van der Waals surface area contributed by atoms with E-state index in [-0.39, 0.29) is 17.4 Å². The van der Waals surface area contributed by atoms with Gasteiger partial charge in [0.1, 0.15) is 17.1 Å². The van der Waals surface area contributed by atoms with Gasteiger partial charge in [0.15, 0.2) is 5.78 Å². The number of carbonyl (C=O) groups excluding carboxylic acids is 1. The second-order valence-electron chi connectivity index (χ2n) is 6.49. The maximum atomic E-state index is 13.1. The first-order valence-corrected chi connectivity index (χ1v) is 8.29. The van der Waals surface area contributed by atoms with E-state index in [0.29, 0.717) is 40.0 Å². The van der Waals surface area contributed by atoms with Crippen LogP contribution in [0.15, 0.2) is 46.9 Å². The SMILES string of the molecule is COc1ccc(C(=O)c2c(CC(C)C)oc3ccc([N+](=O)[O-])cc23)cc1. The number of furan rings is 1. The summed E-state index contributed by atoms with van der Waals surface area (Å²) in [6.07, 6.45) is 0.569. The molecular weight excluding hydrogens is 334 g/mol. The van der Waals surface area contributed by atoms with Gasteiger partial charge in [0, 0.05) is 29.5 Å². The standard InChI is InChI=1S/C20H19NO5/c1-12(2)10-18-19(20(22)13-4-7-15(25-3)8-5-13)16-11-14(21(23)24)6-9-17(16)26-18/h4-9,11-12H,10H2,1-3H3. The molecule has 1 heterocycles. The highest BCUT2D eigenvalue weighted by Gasteiger charge is 2.24. The van der Waals surface area contributed by atoms with E-state index in [1.165, 1.54) is 12.1 Å². The quantitative estimate of drug-likeness (QED) is 0.362. The second-order valence-corrected chi connectivity index (χ2v) is 6.49. The highest BCUT2D eigenvalue weighted by atomic mass is 16.6. The van der Waals surface area contributed by atoms with Crippen LogP contribution in [0.1, 0.15) is 35.5 Å². The van der Waals surface area contributed by atoms with E-state index in [1.54, 1.807) is 37.4 Å². The number of ether oxygens (including phenoxy) is 1. The van der Waals surface area contributed by atoms with E-state index in [4.69, 9.17) is 9.15 Å². The van der Waals surface area contributed by atoms with Gasteiger partial charge in [0.25, 0.3) is 5.69 Å². The topological polar surface area (TPSA) is 82.6 Å². The van der Waals surface area contributed by atoms with Crippen molar-refractivity contribution in [2.75, 3.05) is 7.11 Å². The number of rotatable bonds is 6. The van der Waals surface area contributed by atoms with Crippen molar-refractivity contribution in [2.45, 2.75) is 20.3 Å². The van der Waals surface area contributed by atoms with Crippen LogP contribution in [-0.2, 0) is 6.42 Å². The molecule has 0 aliphatic rings. The Kier molecular flexibility index (Phi) is 4.75. The van der Waals surface area contributed by atoms with E-state index in [9.17, 15) is 14.9 Å². The number of non-ortho nitro benzene ring substituents is 1. The summed E-state index contributed by atoms with van der Waals surface area (Å²) >= 11 is 0. The molecular formula is C20H19NO5. The number of benzene rings is 2. The Balaban J connectivity index is 2.17. The predicted octanol–water partition coefficient (Wildman–Crippen LogP) is 4.78. The lowest BCUT2D eigenvalue weighted by molar-refractivity contribution is -0.384. The van der Waals surface area contributed by atoms with Gasteiger partial charge in [0.05, 0.1) is 17.6 Å². The molecule has 0 aliphatic heterocycles. The second kappa shape index (κ2) is 7.00. The summed E-state index contributed by atoms with van der Waals surface area (Å²) in [6.45, 7) is 4.05. The molecule has 0 amide bonds. The predicted molar refractivity (Wildman–Crippen MR) is 97.8 cm³/mol. The average Bonchev–Trinajstić information content (AvgIpc) is 2.97. The van der Waals surface area contributed by atoms with Gasteiger partial charge in [-0.3, -0.25) is 14.9 Å². The van der Waals surface area contributed by atoms with Crippen molar-refractivity contribution in [3.63, 3.8) is 0 Å². The van der Waals surface area contributed by atoms with E-state index in [1.807, 2.05) is 13.8 Å². The number of hydrogen-bond donors (Lipinski definition) is 0. The number of hydrogen-bond acceptors (Lipinski definition) is 5. The van der Waals surface area contributed by atoms with E-state index < -0.39 is 4.92 Å². The zero-order valence-corrected chi connectivity index (χ0v) is 14.8. The summed E-state index contributed by atoms with van der Waals surface area (Å²) in [5.74, 6) is 1.25. The number of ketones is 1. The number of nitro benzene ring substituents is 1. The molecule has 0 saturated heterocycles. The van der Waals surface area contributed by atoms with Crippen molar-refractivity contribution < 1.29 is 18.9 Å². The van der Waals surface area contributed by atoms with Gasteiger partial charge in [-0.25, -0.2) is 0 Å². The van der Waals surface area contributed by atoms with Crippen LogP contribution in [0.3, 0.4) is 0 Å². The Labute approximate surface area is 150 Å². The van der Waals surface area contributed by atoms with Crippen molar-refractivity contribution >= 4 is 22.4 Å². The fourth-order valence-corrected chi connectivity index (χ4v) is 2.90. The summed E-state index contributed by atoms with van der Waals surface area (Å²) in [7, 11) is 1.56. The fourth-order valence-electron chi connectivity index (χ4n) is 2.90. The molecule has 0 atom stereocenters. The van der Waals surface area contributed by atoms with Crippen LogP contribution in [-0.4, -0.2) is 17.8 Å². The lowest BCUT2D eigenvalue weighted by atomic mass is 9.96. The molecule has 0 bridgehead atoms. The molecule has 0 spiro atoms. The van der Waals surface area contributed by atoms with Crippen LogP contribution in [0.4, 0.5) is 5.69 Å². The van der Waals surface area contributed by atoms with Crippen LogP contribution >= 0.6 is 0 Å². The smallest absolute Gasteiger partial charge is 0.270 e. The van der Waals surface area contributed by atoms with Crippen LogP contribution in [0.5, 0.6) is 5.75 Å². The number of nitro groups is 1. The first kappa shape index (κ1) is 17.7. The average molecular weight is 353 g/mol. The molecule has 0 saturated carbocycles. The maximum Gasteiger partial charge on any atom is 0.270 e. The lowest BCUT2D eigenvalue weighted by Gasteiger charge is -2.06. The number of methoxy groups -OCH3 is 1. The van der Waals surface area contributed by atoms with E-state index >= 15 is 0 Å². The van der Waals surface area contributed by atoms with Gasteiger partial charge in [-0.05, 0) is 36.2 Å². The minimum atomic E-state index is -0.476. The molecule has 0 aliphatic carbocycles. The summed E-state index contributed by atoms with van der Waals surface area (Å²) in [4.78, 5) is 23.8. The molecule has 2 aromatic carbocycles. The van der Waals surface area contributed by atoms with Crippen LogP contribution in [0.25, 0.3) is 11.0 Å². The van der Waals surface area contributed by atoms with Gasteiger partial charge in [-0.15, -0.1) is 0 Å². The molecule has 3 aromatic rings. The third kappa shape index (κ3) is 3.31. The largest absolute Gasteiger partial charge is 0.497 e. The van der Waals surface area contributed by atoms with Gasteiger partial charge in [0.2, 0.25) is 0 Å². The summed E-state index contributed by atoms with van der Waals surface area (Å²) in [5, 5.41) is 11.6. The molecule has 6 heteroatoms. The normalized spacial score (nSPS) is 11.1. The Bertz CT molecular complexity index is 970. The lowest BCUT2D eigenvalue weighted by Crippen LogP contribution is -2.06. The van der Waals surface area contributed by atoms with Gasteiger partial charge in [-0.1, -0.05) is 13.8 Å². The summed E-state index contributed by atoms with van der Waals surface area (Å²) < 4.78 is 11.0. The summed E-state index contributed by atoms with van der Waals surface area (Å²) in [5.41, 5.74) is 1.27. The highest BCUT2D eigenvalue weighted by Crippen LogP contribution is 2.32. The Morgan fingerprint density at radius 3 is 2.46 bits per heavy atom. The molecule has 0 fully saturated rings. The Morgan fingerprint density at radius 2 is 1.88 bits per heavy atom. The van der Waals surface area contributed by atoms with Crippen molar-refractivity contribution in [2.24, 2.45) is 5.92 Å². The maximum absolute atomic E-state index is 13.1. The zero-order chi connectivity index (χ0) is 18.8. The van der Waals surface area contributed by atoms with Crippen LogP contribution < -0.4 is 4.74 Å². The highest BCUT2D eigenvalue weighted by molar-refractivity contribution is 6.17. The zero-order valence-electron chi connectivity index (χ0n) is 14.8. The monoisotopic (exact) mass is 353 g/mol. The molecule has 6 nitrogen and oxygen atoms in total. The van der Waals surface area contributed by atoms with Gasteiger partial charge < -0.3 is 9.15 Å². The minimum Gasteiger partial charge on any atom is -0.497 e. The molecule has 134 valence electrons. The molecule has 0 unspecified atom stereocenters. The third-order valence-corrected chi connectivity index (χ3v) is 4.13. The van der Waals surface area contributed by atoms with Crippen molar-refractivity contribution in [3.8, 4) is 5.75 Å². The fraction of sp³-hybridized carbons (Fsp3) is 0.250. The molecule has 1 aromatic heterocycles. The van der Waals surface area contributed by atoms with Crippen molar-refractivity contribution in [3.05, 3.63) is 69.5 Å². The molecule has 3 rings (SSSR count). The number of fused-ring (bicyclic) bond motifs is 1. The Hall–Kier alpha value is -3.15. The number of nitrogens with zero attached hydrogens (tertiary/aromatic N) is 1. The molecule has 26 heavy (non-hydrogen) atoms. The third-order valence-electron chi connectivity index (χ3n) is 4.13. The molecule has 0 N–H and O–H groups in total. The van der Waals surface area contributed by atoms with E-state index in [0.717, 1.165) is 0 Å². The number of carbonyl (C=O) groups is 1. The summed E-state index contributed by atoms with van der Waals surface area (Å²) in [6, 6.07) is 11.1. The van der Waals surface area contributed by atoms with Gasteiger partial charge in [-0.2, -0.15) is 0 Å². The Morgan fingerprint density at radius 1 is 1.19 bits per heavy atom. The van der Waals surface area contributed by atoms with Crippen molar-refractivity contribution in [1.82, 2.24) is 0 Å². The van der Waals surface area contributed by atoms with Crippen LogP contribution in [0.2, 0.25) is 0 Å². The van der Waals surface area contributed by atoms with Crippen molar-refractivity contribution in [1.29, 1.82) is 0 Å². The first-order valence-electron chi connectivity index (χ1n) is 8.29. The minimum absolute atomic E-state index is 0.0711. The van der Waals surface area contributed by atoms with Gasteiger partial charge >= 0.3 is 0 Å². The van der Waals surface area contributed by atoms with E-state index in [2.05, 4.69) is 0 Å². The first-order chi connectivity index (χ1) is 12.4.